The first-order valence-electron chi connectivity index (χ1n) is 10.3. The Morgan fingerprint density at radius 2 is 1.87 bits per heavy atom. The van der Waals surface area contributed by atoms with E-state index in [2.05, 4.69) is 27.8 Å². The van der Waals surface area contributed by atoms with Crippen molar-refractivity contribution in [3.05, 3.63) is 52.8 Å². The van der Waals surface area contributed by atoms with Gasteiger partial charge in [-0.3, -0.25) is 9.58 Å². The number of rotatable bonds is 5. The van der Waals surface area contributed by atoms with Crippen molar-refractivity contribution in [2.75, 3.05) is 13.2 Å². The first kappa shape index (κ1) is 23.1. The molecule has 1 aliphatic carbocycles. The summed E-state index contributed by atoms with van der Waals surface area (Å²) in [6, 6.07) is 8.89. The van der Waals surface area contributed by atoms with Crippen LogP contribution < -0.4 is 0 Å². The van der Waals surface area contributed by atoms with Crippen LogP contribution in [-0.2, 0) is 16.0 Å². The number of hydrogen-bond acceptors (Lipinski definition) is 4. The van der Waals surface area contributed by atoms with Crippen LogP contribution in [0.3, 0.4) is 0 Å². The van der Waals surface area contributed by atoms with Crippen LogP contribution in [0, 0.1) is 6.92 Å². The van der Waals surface area contributed by atoms with Crippen molar-refractivity contribution in [1.29, 1.82) is 0 Å². The lowest BCUT2D eigenvalue weighted by Crippen LogP contribution is -2.57. The van der Waals surface area contributed by atoms with Gasteiger partial charge in [0, 0.05) is 29.8 Å². The average Bonchev–Trinajstić information content (AvgIpc) is 3.16. The average molecular weight is 454 g/mol. The summed E-state index contributed by atoms with van der Waals surface area (Å²) in [6.45, 7) is 2.96. The van der Waals surface area contributed by atoms with Gasteiger partial charge in [-0.15, -0.1) is 12.4 Å². The predicted octanol–water partition coefficient (Wildman–Crippen LogP) is 4.15. The molecular formula is C22H29Cl2N3O3. The van der Waals surface area contributed by atoms with E-state index in [9.17, 15) is 9.90 Å². The maximum absolute atomic E-state index is 11.5. The lowest BCUT2D eigenvalue weighted by atomic mass is 9.88. The lowest BCUT2D eigenvalue weighted by Gasteiger charge is -2.45. The van der Waals surface area contributed by atoms with Gasteiger partial charge in [0.15, 0.2) is 6.10 Å². The summed E-state index contributed by atoms with van der Waals surface area (Å²) >= 11 is 6.02. The third kappa shape index (κ3) is 5.35. The second kappa shape index (κ2) is 10.1. The summed E-state index contributed by atoms with van der Waals surface area (Å²) < 4.78 is 7.77. The molecule has 2 fully saturated rings. The highest BCUT2D eigenvalue weighted by Crippen LogP contribution is 2.33. The molecule has 0 spiro atoms. The smallest absolute Gasteiger partial charge is 0.334 e. The number of halogens is 2. The topological polar surface area (TPSA) is 67.6 Å². The Morgan fingerprint density at radius 3 is 2.47 bits per heavy atom. The zero-order valence-electron chi connectivity index (χ0n) is 17.1. The second-order valence-corrected chi connectivity index (χ2v) is 8.74. The zero-order chi connectivity index (χ0) is 20.4. The molecule has 1 N–H and O–H groups in total. The summed E-state index contributed by atoms with van der Waals surface area (Å²) in [5, 5.41) is 14.7. The Labute approximate surface area is 188 Å². The largest absolute Gasteiger partial charge is 0.479 e. The number of carboxylic acids is 1. The molecule has 2 atom stereocenters. The van der Waals surface area contributed by atoms with Crippen molar-refractivity contribution < 1.29 is 14.6 Å². The van der Waals surface area contributed by atoms with Gasteiger partial charge in [-0.1, -0.05) is 23.7 Å². The molecule has 0 radical (unpaired) electrons. The van der Waals surface area contributed by atoms with Crippen molar-refractivity contribution in [2.45, 2.75) is 63.3 Å². The summed E-state index contributed by atoms with van der Waals surface area (Å²) in [5.74, 6) is -0.874. The number of aryl methyl sites for hydroxylation is 1. The Hall–Kier alpha value is -1.60. The van der Waals surface area contributed by atoms with E-state index in [0.29, 0.717) is 25.2 Å². The molecule has 8 heteroatoms. The molecule has 2 heterocycles. The molecule has 1 aliphatic heterocycles. The molecule has 2 aromatic rings. The van der Waals surface area contributed by atoms with Gasteiger partial charge in [0.05, 0.1) is 18.8 Å². The Bertz CT molecular complexity index is 834. The van der Waals surface area contributed by atoms with Crippen LogP contribution in [0.25, 0.3) is 0 Å². The molecule has 164 valence electrons. The first-order chi connectivity index (χ1) is 14.0. The molecule has 1 aromatic heterocycles. The van der Waals surface area contributed by atoms with Gasteiger partial charge in [0.1, 0.15) is 0 Å². The molecule has 1 saturated heterocycles. The van der Waals surface area contributed by atoms with E-state index in [1.807, 2.05) is 30.5 Å². The standard InChI is InChI=1S/C22H28ClN3O3.ClH/c1-15-11-24-26(12-15)19-8-6-18(7-9-19)25-13-21(22(27)28)29-14-20(25)10-16-2-4-17(23)5-3-16;/h2-5,11-12,18-21H,6-10,13-14H2,1H3,(H,27,28);1H/t18?,19?,20-,21+;/m0./s1. The normalized spacial score (nSPS) is 27.4. The summed E-state index contributed by atoms with van der Waals surface area (Å²) in [6.07, 6.45) is 8.34. The van der Waals surface area contributed by atoms with Crippen molar-refractivity contribution in [3.8, 4) is 0 Å². The molecule has 0 amide bonds. The Morgan fingerprint density at radius 1 is 1.20 bits per heavy atom. The van der Waals surface area contributed by atoms with Crippen LogP contribution in [-0.4, -0.2) is 57.1 Å². The minimum Gasteiger partial charge on any atom is -0.479 e. The monoisotopic (exact) mass is 453 g/mol. The molecule has 6 nitrogen and oxygen atoms in total. The van der Waals surface area contributed by atoms with Crippen LogP contribution >= 0.6 is 24.0 Å². The molecule has 1 aromatic carbocycles. The van der Waals surface area contributed by atoms with E-state index in [4.69, 9.17) is 16.3 Å². The summed E-state index contributed by atoms with van der Waals surface area (Å²) in [4.78, 5) is 13.9. The lowest BCUT2D eigenvalue weighted by molar-refractivity contribution is -0.162. The minimum atomic E-state index is -0.874. The summed E-state index contributed by atoms with van der Waals surface area (Å²) in [5.41, 5.74) is 2.38. The van der Waals surface area contributed by atoms with E-state index in [1.165, 1.54) is 11.1 Å². The van der Waals surface area contributed by atoms with Gasteiger partial charge in [0.25, 0.3) is 0 Å². The molecule has 4 rings (SSSR count). The fraction of sp³-hybridized carbons (Fsp3) is 0.545. The molecule has 0 unspecified atom stereocenters. The highest BCUT2D eigenvalue weighted by atomic mass is 35.5. The van der Waals surface area contributed by atoms with E-state index in [-0.39, 0.29) is 18.4 Å². The number of benzene rings is 1. The van der Waals surface area contributed by atoms with Gasteiger partial charge in [-0.05, 0) is 62.3 Å². The highest BCUT2D eigenvalue weighted by molar-refractivity contribution is 6.30. The first-order valence-corrected chi connectivity index (χ1v) is 10.7. The summed E-state index contributed by atoms with van der Waals surface area (Å²) in [7, 11) is 0. The fourth-order valence-corrected chi connectivity index (χ4v) is 4.79. The van der Waals surface area contributed by atoms with E-state index < -0.39 is 12.1 Å². The molecular weight excluding hydrogens is 425 g/mol. The number of ether oxygens (including phenoxy) is 1. The van der Waals surface area contributed by atoms with Crippen LogP contribution in [0.4, 0.5) is 0 Å². The van der Waals surface area contributed by atoms with Crippen molar-refractivity contribution in [2.24, 2.45) is 0 Å². The quantitative estimate of drug-likeness (QED) is 0.736. The van der Waals surface area contributed by atoms with Gasteiger partial charge in [0.2, 0.25) is 0 Å². The van der Waals surface area contributed by atoms with Gasteiger partial charge < -0.3 is 9.84 Å². The van der Waals surface area contributed by atoms with Crippen LogP contribution in [0.2, 0.25) is 5.02 Å². The highest BCUT2D eigenvalue weighted by Gasteiger charge is 2.38. The number of aliphatic carboxylic acids is 1. The number of morpholine rings is 1. The second-order valence-electron chi connectivity index (χ2n) is 8.30. The maximum Gasteiger partial charge on any atom is 0.334 e. The number of hydrogen-bond donors (Lipinski definition) is 1. The molecule has 30 heavy (non-hydrogen) atoms. The number of nitrogens with zero attached hydrogens (tertiary/aromatic N) is 3. The molecule has 1 saturated carbocycles. The van der Waals surface area contributed by atoms with E-state index in [0.717, 1.165) is 37.1 Å². The third-order valence-corrected chi connectivity index (χ3v) is 6.49. The van der Waals surface area contributed by atoms with E-state index in [1.54, 1.807) is 0 Å². The predicted molar refractivity (Wildman–Crippen MR) is 119 cm³/mol. The maximum atomic E-state index is 11.5. The van der Waals surface area contributed by atoms with Crippen LogP contribution in [0.5, 0.6) is 0 Å². The SMILES string of the molecule is Cc1cnn(C2CCC(N3C[C@H](C(=O)O)OC[C@@H]3Cc3ccc(Cl)cc3)CC2)c1.Cl. The molecule has 0 bridgehead atoms. The van der Waals surface area contributed by atoms with Gasteiger partial charge >= 0.3 is 5.97 Å². The van der Waals surface area contributed by atoms with E-state index >= 15 is 0 Å². The zero-order valence-corrected chi connectivity index (χ0v) is 18.7. The van der Waals surface area contributed by atoms with Crippen molar-refractivity contribution in [1.82, 2.24) is 14.7 Å². The van der Waals surface area contributed by atoms with Crippen LogP contribution in [0.1, 0.15) is 42.9 Å². The number of aromatic nitrogens is 2. The number of carbonyl (C=O) groups is 1. The fourth-order valence-electron chi connectivity index (χ4n) is 4.67. The Kier molecular flexibility index (Phi) is 7.80. The minimum absolute atomic E-state index is 0. The number of carboxylic acid groups (broad SMARTS) is 1. The molecule has 2 aliphatic rings. The van der Waals surface area contributed by atoms with Gasteiger partial charge in [-0.2, -0.15) is 5.10 Å². The Balaban J connectivity index is 0.00000256. The van der Waals surface area contributed by atoms with Crippen LogP contribution in [0.15, 0.2) is 36.7 Å². The van der Waals surface area contributed by atoms with Gasteiger partial charge in [-0.25, -0.2) is 4.79 Å². The van der Waals surface area contributed by atoms with Crippen molar-refractivity contribution >= 4 is 30.0 Å². The third-order valence-electron chi connectivity index (χ3n) is 6.24. The van der Waals surface area contributed by atoms with Crippen molar-refractivity contribution in [3.63, 3.8) is 0 Å².